The van der Waals surface area contributed by atoms with Crippen molar-refractivity contribution in [1.82, 2.24) is 9.80 Å². The van der Waals surface area contributed by atoms with E-state index in [1.807, 2.05) is 4.90 Å². The summed E-state index contributed by atoms with van der Waals surface area (Å²) in [5, 5.41) is 8.88. The normalized spacial score (nSPS) is 33.4. The minimum atomic E-state index is -1.01. The van der Waals surface area contributed by atoms with Crippen LogP contribution in [0.5, 0.6) is 0 Å². The molecule has 3 rings (SSSR count). The SMILES string of the molecule is O=C(O)C1CCC(C(=O)N2CCN3C(=O)CCC3C2)O1. The average molecular weight is 282 g/mol. The first-order chi connectivity index (χ1) is 9.56. The number of carbonyl (C=O) groups is 3. The summed E-state index contributed by atoms with van der Waals surface area (Å²) in [6.45, 7) is 1.63. The largest absolute Gasteiger partial charge is 0.479 e. The lowest BCUT2D eigenvalue weighted by atomic mass is 10.1. The second-order valence-corrected chi connectivity index (χ2v) is 5.59. The van der Waals surface area contributed by atoms with Gasteiger partial charge >= 0.3 is 5.97 Å². The summed E-state index contributed by atoms with van der Waals surface area (Å²) in [6, 6.07) is 0.122. The van der Waals surface area contributed by atoms with Crippen LogP contribution in [0.2, 0.25) is 0 Å². The van der Waals surface area contributed by atoms with Crippen molar-refractivity contribution < 1.29 is 24.2 Å². The Morgan fingerprint density at radius 2 is 1.90 bits per heavy atom. The Morgan fingerprint density at radius 3 is 2.60 bits per heavy atom. The Kier molecular flexibility index (Phi) is 3.37. The van der Waals surface area contributed by atoms with Crippen LogP contribution in [0.4, 0.5) is 0 Å². The van der Waals surface area contributed by atoms with Gasteiger partial charge in [0.1, 0.15) is 6.10 Å². The van der Waals surface area contributed by atoms with Crippen LogP contribution in [0, 0.1) is 0 Å². The molecule has 0 bridgehead atoms. The summed E-state index contributed by atoms with van der Waals surface area (Å²) in [5.41, 5.74) is 0. The van der Waals surface area contributed by atoms with Gasteiger partial charge in [-0.05, 0) is 19.3 Å². The first kappa shape index (κ1) is 13.4. The van der Waals surface area contributed by atoms with Crippen LogP contribution in [0.25, 0.3) is 0 Å². The molecule has 110 valence electrons. The molecule has 2 amide bonds. The molecule has 0 spiro atoms. The number of carbonyl (C=O) groups excluding carboxylic acids is 2. The van der Waals surface area contributed by atoms with E-state index < -0.39 is 18.2 Å². The van der Waals surface area contributed by atoms with Crippen LogP contribution < -0.4 is 0 Å². The zero-order valence-electron chi connectivity index (χ0n) is 11.2. The highest BCUT2D eigenvalue weighted by Gasteiger charge is 2.41. The van der Waals surface area contributed by atoms with E-state index in [1.165, 1.54) is 0 Å². The minimum Gasteiger partial charge on any atom is -0.479 e. The molecular weight excluding hydrogens is 264 g/mol. The molecule has 0 aromatic heterocycles. The molecule has 3 aliphatic heterocycles. The molecule has 0 aromatic rings. The van der Waals surface area contributed by atoms with E-state index in [1.54, 1.807) is 4.90 Å². The van der Waals surface area contributed by atoms with Gasteiger partial charge in [-0.15, -0.1) is 0 Å². The number of hydrogen-bond acceptors (Lipinski definition) is 4. The molecule has 7 heteroatoms. The number of carboxylic acids is 1. The molecule has 3 saturated heterocycles. The Labute approximate surface area is 116 Å². The van der Waals surface area contributed by atoms with Crippen LogP contribution in [-0.4, -0.2) is 70.6 Å². The Morgan fingerprint density at radius 1 is 1.15 bits per heavy atom. The summed E-state index contributed by atoms with van der Waals surface area (Å²) >= 11 is 0. The topological polar surface area (TPSA) is 87.2 Å². The maximum absolute atomic E-state index is 12.3. The second-order valence-electron chi connectivity index (χ2n) is 5.59. The van der Waals surface area contributed by atoms with E-state index in [0.29, 0.717) is 38.9 Å². The summed E-state index contributed by atoms with van der Waals surface area (Å²) in [7, 11) is 0. The molecule has 1 N–H and O–H groups in total. The highest BCUT2D eigenvalue weighted by molar-refractivity contribution is 5.84. The van der Waals surface area contributed by atoms with Crippen molar-refractivity contribution >= 4 is 17.8 Å². The third kappa shape index (κ3) is 2.26. The fraction of sp³-hybridized carbons (Fsp3) is 0.769. The Balaban J connectivity index is 1.59. The second kappa shape index (κ2) is 5.05. The Bertz CT molecular complexity index is 452. The first-order valence-corrected chi connectivity index (χ1v) is 7.03. The standard InChI is InChI=1S/C13H18N2O5/c16-11-4-1-8-7-14(5-6-15(8)11)12(17)9-2-3-10(20-9)13(18)19/h8-10H,1-7H2,(H,18,19). The zero-order valence-corrected chi connectivity index (χ0v) is 11.2. The summed E-state index contributed by atoms with van der Waals surface area (Å²) in [5.74, 6) is -0.968. The first-order valence-electron chi connectivity index (χ1n) is 7.03. The van der Waals surface area contributed by atoms with Crippen LogP contribution in [0.1, 0.15) is 25.7 Å². The van der Waals surface area contributed by atoms with Crippen molar-refractivity contribution in [3.8, 4) is 0 Å². The molecule has 0 saturated carbocycles. The van der Waals surface area contributed by atoms with Gasteiger partial charge in [0.15, 0.2) is 6.10 Å². The molecule has 7 nitrogen and oxygen atoms in total. The fourth-order valence-electron chi connectivity index (χ4n) is 3.27. The van der Waals surface area contributed by atoms with Crippen molar-refractivity contribution in [2.75, 3.05) is 19.6 Å². The third-order valence-corrected chi connectivity index (χ3v) is 4.38. The van der Waals surface area contributed by atoms with Gasteiger partial charge in [-0.25, -0.2) is 4.79 Å². The molecule has 0 aromatic carbocycles. The summed E-state index contributed by atoms with van der Waals surface area (Å²) in [6.07, 6.45) is 0.699. The molecule has 3 aliphatic rings. The van der Waals surface area contributed by atoms with E-state index in [-0.39, 0.29) is 17.9 Å². The van der Waals surface area contributed by atoms with E-state index in [2.05, 4.69) is 0 Å². The van der Waals surface area contributed by atoms with Gasteiger partial charge in [0.2, 0.25) is 5.91 Å². The van der Waals surface area contributed by atoms with Crippen LogP contribution in [0.3, 0.4) is 0 Å². The molecule has 3 atom stereocenters. The molecule has 3 heterocycles. The third-order valence-electron chi connectivity index (χ3n) is 4.38. The van der Waals surface area contributed by atoms with Crippen molar-refractivity contribution in [2.24, 2.45) is 0 Å². The number of fused-ring (bicyclic) bond motifs is 1. The van der Waals surface area contributed by atoms with Gasteiger partial charge < -0.3 is 19.6 Å². The predicted octanol–water partition coefficient (Wildman–Crippen LogP) is -0.548. The van der Waals surface area contributed by atoms with Gasteiger partial charge in [-0.3, -0.25) is 9.59 Å². The van der Waals surface area contributed by atoms with Gasteiger partial charge in [0.25, 0.3) is 5.91 Å². The van der Waals surface area contributed by atoms with E-state index in [4.69, 9.17) is 9.84 Å². The van der Waals surface area contributed by atoms with E-state index >= 15 is 0 Å². The number of nitrogens with zero attached hydrogens (tertiary/aromatic N) is 2. The molecule has 20 heavy (non-hydrogen) atoms. The Hall–Kier alpha value is -1.63. The van der Waals surface area contributed by atoms with Crippen molar-refractivity contribution in [1.29, 1.82) is 0 Å². The lowest BCUT2D eigenvalue weighted by molar-refractivity contribution is -0.156. The number of aliphatic carboxylic acids is 1. The highest BCUT2D eigenvalue weighted by atomic mass is 16.5. The monoisotopic (exact) mass is 282 g/mol. The number of hydrogen-bond donors (Lipinski definition) is 1. The lowest BCUT2D eigenvalue weighted by Gasteiger charge is -2.38. The quantitative estimate of drug-likeness (QED) is 0.734. The average Bonchev–Trinajstić information content (AvgIpc) is 3.05. The van der Waals surface area contributed by atoms with Gasteiger partial charge in [-0.1, -0.05) is 0 Å². The molecule has 0 radical (unpaired) electrons. The van der Waals surface area contributed by atoms with E-state index in [9.17, 15) is 14.4 Å². The molecule has 3 fully saturated rings. The number of carboxylic acid groups (broad SMARTS) is 1. The van der Waals surface area contributed by atoms with Crippen LogP contribution in [-0.2, 0) is 19.1 Å². The number of ether oxygens (including phenoxy) is 1. The predicted molar refractivity (Wildman–Crippen MR) is 66.8 cm³/mol. The fourth-order valence-corrected chi connectivity index (χ4v) is 3.27. The summed E-state index contributed by atoms with van der Waals surface area (Å²) < 4.78 is 5.30. The number of piperazine rings is 1. The minimum absolute atomic E-state index is 0.122. The highest BCUT2D eigenvalue weighted by Crippen LogP contribution is 2.26. The van der Waals surface area contributed by atoms with Gasteiger partial charge in [0.05, 0.1) is 0 Å². The van der Waals surface area contributed by atoms with Crippen molar-refractivity contribution in [3.63, 3.8) is 0 Å². The molecule has 3 unspecified atom stereocenters. The van der Waals surface area contributed by atoms with Crippen molar-refractivity contribution in [3.05, 3.63) is 0 Å². The molecule has 0 aliphatic carbocycles. The van der Waals surface area contributed by atoms with Gasteiger partial charge in [0, 0.05) is 32.1 Å². The van der Waals surface area contributed by atoms with E-state index in [0.717, 1.165) is 6.42 Å². The maximum Gasteiger partial charge on any atom is 0.332 e. The number of amides is 2. The molecular formula is C13H18N2O5. The van der Waals surface area contributed by atoms with Crippen LogP contribution >= 0.6 is 0 Å². The number of rotatable bonds is 2. The van der Waals surface area contributed by atoms with Gasteiger partial charge in [-0.2, -0.15) is 0 Å². The smallest absolute Gasteiger partial charge is 0.332 e. The summed E-state index contributed by atoms with van der Waals surface area (Å²) in [4.78, 5) is 38.3. The van der Waals surface area contributed by atoms with Crippen molar-refractivity contribution in [2.45, 2.75) is 43.9 Å². The lowest BCUT2D eigenvalue weighted by Crippen LogP contribution is -2.55. The maximum atomic E-state index is 12.3. The zero-order chi connectivity index (χ0) is 14.3. The van der Waals surface area contributed by atoms with Crippen LogP contribution in [0.15, 0.2) is 0 Å².